The number of hydrogen-bond donors (Lipinski definition) is 2. The van der Waals surface area contributed by atoms with Gasteiger partial charge in [0.15, 0.2) is 0 Å². The Kier molecular flexibility index (Phi) is 5.02. The molecule has 118 valence electrons. The van der Waals surface area contributed by atoms with Gasteiger partial charge in [-0.25, -0.2) is 0 Å². The van der Waals surface area contributed by atoms with E-state index in [0.717, 1.165) is 10.0 Å². The van der Waals surface area contributed by atoms with Crippen LogP contribution in [0.2, 0.25) is 0 Å². The Morgan fingerprint density at radius 1 is 1.27 bits per heavy atom. The van der Waals surface area contributed by atoms with Crippen molar-refractivity contribution in [2.24, 2.45) is 4.40 Å². The third-order valence-corrected chi connectivity index (χ3v) is 4.77. The van der Waals surface area contributed by atoms with Gasteiger partial charge in [0.05, 0.1) is 5.71 Å². The zero-order chi connectivity index (χ0) is 16.3. The van der Waals surface area contributed by atoms with Gasteiger partial charge in [0, 0.05) is 22.3 Å². The van der Waals surface area contributed by atoms with Crippen molar-refractivity contribution in [2.75, 3.05) is 5.32 Å². The maximum absolute atomic E-state index is 12.0. The summed E-state index contributed by atoms with van der Waals surface area (Å²) in [5.74, 6) is -0.135. The number of allylic oxidation sites excluding steroid dienone is 2. The van der Waals surface area contributed by atoms with Crippen LogP contribution in [0, 0.1) is 0 Å². The molecule has 0 aliphatic carbocycles. The minimum absolute atomic E-state index is 0.135. The number of rotatable bonds is 4. The molecule has 0 radical (unpaired) electrons. The summed E-state index contributed by atoms with van der Waals surface area (Å²) in [6.07, 6.45) is 0.670. The number of carbonyl (C=O) groups excluding carboxylic acids is 1. The van der Waals surface area contributed by atoms with Crippen LogP contribution in [0.4, 0.5) is 5.69 Å². The normalized spacial score (nSPS) is 16.8. The molecular weight excluding hydrogens is 370 g/mol. The third-order valence-electron chi connectivity index (χ3n) is 3.16. The Morgan fingerprint density at radius 3 is 2.50 bits per heavy atom. The fourth-order valence-electron chi connectivity index (χ4n) is 2.15. The summed E-state index contributed by atoms with van der Waals surface area (Å²) in [7, 11) is -3.63. The van der Waals surface area contributed by atoms with E-state index in [4.69, 9.17) is 0 Å². The van der Waals surface area contributed by atoms with Crippen LogP contribution in [0.3, 0.4) is 0 Å². The number of nitrogens with zero attached hydrogens (tertiary/aromatic N) is 1. The Morgan fingerprint density at radius 2 is 1.91 bits per heavy atom. The average Bonchev–Trinajstić information content (AvgIpc) is 2.39. The summed E-state index contributed by atoms with van der Waals surface area (Å²) in [6.45, 7) is 3.29. The molecule has 0 aromatic heterocycles. The lowest BCUT2D eigenvalue weighted by molar-refractivity contribution is -0.116. The second-order valence-corrected chi connectivity index (χ2v) is 7.16. The topological polar surface area (TPSA) is 87.6 Å². The molecule has 2 rings (SSSR count). The van der Waals surface area contributed by atoms with Crippen LogP contribution in [0.5, 0.6) is 0 Å². The molecule has 0 fully saturated rings. The molecule has 6 nitrogen and oxygen atoms in total. The van der Waals surface area contributed by atoms with Crippen molar-refractivity contribution in [3.63, 3.8) is 0 Å². The SMILES string of the molecule is CC1=NS(=O)(=O)NC(C)=C1CCC(=O)Nc1ccc(Br)cc1. The molecule has 2 N–H and O–H groups in total. The van der Waals surface area contributed by atoms with Gasteiger partial charge in [-0.1, -0.05) is 15.9 Å². The van der Waals surface area contributed by atoms with E-state index >= 15 is 0 Å². The molecule has 1 aromatic carbocycles. The van der Waals surface area contributed by atoms with Crippen molar-refractivity contribution >= 4 is 43.4 Å². The highest BCUT2D eigenvalue weighted by Gasteiger charge is 2.20. The molecule has 0 saturated carbocycles. The molecular formula is C14H16BrN3O3S. The number of hydrogen-bond acceptors (Lipinski definition) is 3. The van der Waals surface area contributed by atoms with Crippen LogP contribution >= 0.6 is 15.9 Å². The van der Waals surface area contributed by atoms with Gasteiger partial charge in [-0.05, 0) is 50.1 Å². The first kappa shape index (κ1) is 16.7. The molecule has 1 aliphatic heterocycles. The van der Waals surface area contributed by atoms with Crippen molar-refractivity contribution in [3.8, 4) is 0 Å². The standard InChI is InChI=1S/C14H16BrN3O3S/c1-9-13(10(2)18-22(20,21)17-9)7-8-14(19)16-12-5-3-11(15)4-6-12/h3-6,17H,7-8H2,1-2H3,(H,16,19). The molecule has 0 bridgehead atoms. The Labute approximate surface area is 138 Å². The smallest absolute Gasteiger partial charge is 0.326 e. The summed E-state index contributed by atoms with van der Waals surface area (Å²) in [4.78, 5) is 12.0. The molecule has 1 heterocycles. The first-order chi connectivity index (χ1) is 10.3. The van der Waals surface area contributed by atoms with Gasteiger partial charge in [-0.3, -0.25) is 9.52 Å². The highest BCUT2D eigenvalue weighted by atomic mass is 79.9. The number of nitrogens with one attached hydrogen (secondary N) is 2. The molecule has 8 heteroatoms. The van der Waals surface area contributed by atoms with Crippen molar-refractivity contribution < 1.29 is 13.2 Å². The summed E-state index contributed by atoms with van der Waals surface area (Å²) in [5.41, 5.74) is 2.41. The van der Waals surface area contributed by atoms with Crippen molar-refractivity contribution in [2.45, 2.75) is 26.7 Å². The van der Waals surface area contributed by atoms with Crippen molar-refractivity contribution in [1.29, 1.82) is 0 Å². The molecule has 0 spiro atoms. The van der Waals surface area contributed by atoms with E-state index in [-0.39, 0.29) is 12.3 Å². The van der Waals surface area contributed by atoms with Gasteiger partial charge in [-0.15, -0.1) is 4.40 Å². The predicted octanol–water partition coefficient (Wildman–Crippen LogP) is 2.75. The lowest BCUT2D eigenvalue weighted by Gasteiger charge is -2.17. The van der Waals surface area contributed by atoms with E-state index in [1.165, 1.54) is 0 Å². The Bertz CT molecular complexity index is 752. The van der Waals surface area contributed by atoms with E-state index < -0.39 is 10.2 Å². The second kappa shape index (κ2) is 6.62. The van der Waals surface area contributed by atoms with Gasteiger partial charge >= 0.3 is 10.2 Å². The van der Waals surface area contributed by atoms with E-state index in [9.17, 15) is 13.2 Å². The predicted molar refractivity (Wildman–Crippen MR) is 89.9 cm³/mol. The van der Waals surface area contributed by atoms with Gasteiger partial charge in [0.1, 0.15) is 0 Å². The highest BCUT2D eigenvalue weighted by Crippen LogP contribution is 2.19. The van der Waals surface area contributed by atoms with Crippen LogP contribution in [0.15, 0.2) is 44.4 Å². The molecule has 22 heavy (non-hydrogen) atoms. The van der Waals surface area contributed by atoms with Gasteiger partial charge in [-0.2, -0.15) is 8.42 Å². The molecule has 1 aliphatic rings. The zero-order valence-electron chi connectivity index (χ0n) is 12.2. The van der Waals surface area contributed by atoms with Crippen LogP contribution in [0.25, 0.3) is 0 Å². The Balaban J connectivity index is 1.97. The fraction of sp³-hybridized carbons (Fsp3) is 0.286. The lowest BCUT2D eigenvalue weighted by atomic mass is 10.0. The summed E-state index contributed by atoms with van der Waals surface area (Å²) < 4.78 is 29.7. The summed E-state index contributed by atoms with van der Waals surface area (Å²) >= 11 is 3.33. The first-order valence-corrected chi connectivity index (χ1v) is 8.85. The van der Waals surface area contributed by atoms with Gasteiger partial charge < -0.3 is 5.32 Å². The quantitative estimate of drug-likeness (QED) is 0.834. The van der Waals surface area contributed by atoms with E-state index in [2.05, 4.69) is 30.4 Å². The molecule has 0 saturated heterocycles. The lowest BCUT2D eigenvalue weighted by Crippen LogP contribution is -2.28. The van der Waals surface area contributed by atoms with Crippen LogP contribution in [-0.4, -0.2) is 20.0 Å². The fourth-order valence-corrected chi connectivity index (χ4v) is 3.44. The first-order valence-electron chi connectivity index (χ1n) is 6.62. The minimum Gasteiger partial charge on any atom is -0.326 e. The van der Waals surface area contributed by atoms with E-state index in [1.807, 2.05) is 12.1 Å². The van der Waals surface area contributed by atoms with Crippen molar-refractivity contribution in [3.05, 3.63) is 40.0 Å². The van der Waals surface area contributed by atoms with E-state index in [0.29, 0.717) is 23.5 Å². The number of halogens is 1. The maximum atomic E-state index is 12.0. The third kappa shape index (κ3) is 4.41. The van der Waals surface area contributed by atoms with Gasteiger partial charge in [0.25, 0.3) is 0 Å². The van der Waals surface area contributed by atoms with Crippen LogP contribution in [0.1, 0.15) is 26.7 Å². The number of benzene rings is 1. The number of anilines is 1. The Hall–Kier alpha value is -1.67. The summed E-state index contributed by atoms with van der Waals surface area (Å²) in [5, 5.41) is 2.79. The molecule has 0 atom stereocenters. The van der Waals surface area contributed by atoms with E-state index in [1.54, 1.807) is 26.0 Å². The van der Waals surface area contributed by atoms with Gasteiger partial charge in [0.2, 0.25) is 5.91 Å². The molecule has 1 amide bonds. The zero-order valence-corrected chi connectivity index (χ0v) is 14.6. The summed E-state index contributed by atoms with van der Waals surface area (Å²) in [6, 6.07) is 7.28. The highest BCUT2D eigenvalue weighted by molar-refractivity contribution is 9.10. The van der Waals surface area contributed by atoms with Crippen LogP contribution < -0.4 is 10.0 Å². The minimum atomic E-state index is -3.63. The monoisotopic (exact) mass is 385 g/mol. The number of carbonyl (C=O) groups is 1. The molecule has 0 unspecified atom stereocenters. The molecule has 1 aromatic rings. The van der Waals surface area contributed by atoms with Crippen molar-refractivity contribution in [1.82, 2.24) is 4.72 Å². The average molecular weight is 386 g/mol. The number of amides is 1. The van der Waals surface area contributed by atoms with Crippen LogP contribution in [-0.2, 0) is 15.0 Å². The largest absolute Gasteiger partial charge is 0.342 e. The second-order valence-electron chi connectivity index (χ2n) is 4.91. The maximum Gasteiger partial charge on any atom is 0.342 e.